The number of rotatable bonds is 3. The van der Waals surface area contributed by atoms with Gasteiger partial charge in [-0.2, -0.15) is 0 Å². The van der Waals surface area contributed by atoms with Crippen LogP contribution in [0.1, 0.15) is 10.5 Å². The molecular formula is C17H14FNO3. The zero-order valence-electron chi connectivity index (χ0n) is 12.1. The zero-order chi connectivity index (χ0) is 15.7. The average molecular weight is 299 g/mol. The summed E-state index contributed by atoms with van der Waals surface area (Å²) >= 11 is 0. The fraction of sp³-hybridized carbons (Fsp3) is 0.118. The number of aromatic amines is 1. The Hall–Kier alpha value is -2.82. The zero-order valence-corrected chi connectivity index (χ0v) is 12.1. The van der Waals surface area contributed by atoms with Crippen LogP contribution in [0.3, 0.4) is 0 Å². The molecule has 1 heterocycles. The highest BCUT2D eigenvalue weighted by atomic mass is 19.1. The molecule has 0 radical (unpaired) electrons. The Labute approximate surface area is 126 Å². The van der Waals surface area contributed by atoms with E-state index in [-0.39, 0.29) is 5.82 Å². The number of fused-ring (bicyclic) bond motifs is 1. The fourth-order valence-electron chi connectivity index (χ4n) is 2.48. The molecule has 4 nitrogen and oxygen atoms in total. The third-order valence-corrected chi connectivity index (χ3v) is 3.53. The SMILES string of the molecule is COC(=O)c1[nH]c2cc(OC)ccc2c1-c1ccc(F)cc1. The van der Waals surface area contributed by atoms with Gasteiger partial charge in [-0.3, -0.25) is 0 Å². The van der Waals surface area contributed by atoms with E-state index >= 15 is 0 Å². The number of carbonyl (C=O) groups excluding carboxylic acids is 1. The quantitative estimate of drug-likeness (QED) is 0.749. The summed E-state index contributed by atoms with van der Waals surface area (Å²) in [4.78, 5) is 15.1. The maximum atomic E-state index is 13.2. The number of H-pyrrole nitrogens is 1. The number of hydrogen-bond acceptors (Lipinski definition) is 3. The lowest BCUT2D eigenvalue weighted by Gasteiger charge is -2.04. The molecule has 0 aliphatic rings. The first-order chi connectivity index (χ1) is 10.6. The van der Waals surface area contributed by atoms with Gasteiger partial charge < -0.3 is 14.5 Å². The molecule has 0 spiro atoms. The molecule has 3 rings (SSSR count). The maximum absolute atomic E-state index is 13.2. The summed E-state index contributed by atoms with van der Waals surface area (Å²) in [6.45, 7) is 0. The number of halogens is 1. The van der Waals surface area contributed by atoms with Crippen LogP contribution in [-0.2, 0) is 4.74 Å². The van der Waals surface area contributed by atoms with Crippen LogP contribution >= 0.6 is 0 Å². The Morgan fingerprint density at radius 1 is 1.09 bits per heavy atom. The van der Waals surface area contributed by atoms with Crippen molar-refractivity contribution in [1.82, 2.24) is 4.98 Å². The highest BCUT2D eigenvalue weighted by molar-refractivity contribution is 6.08. The summed E-state index contributed by atoms with van der Waals surface area (Å²) in [5, 5.41) is 0.841. The molecule has 5 heteroatoms. The first-order valence-electron chi connectivity index (χ1n) is 6.68. The largest absolute Gasteiger partial charge is 0.497 e. The van der Waals surface area contributed by atoms with Crippen LogP contribution < -0.4 is 4.74 Å². The normalized spacial score (nSPS) is 10.7. The Bertz CT molecular complexity index is 837. The molecule has 0 fully saturated rings. The van der Waals surface area contributed by atoms with Crippen molar-refractivity contribution in [2.75, 3.05) is 14.2 Å². The minimum Gasteiger partial charge on any atom is -0.497 e. The van der Waals surface area contributed by atoms with Gasteiger partial charge in [0, 0.05) is 17.0 Å². The Morgan fingerprint density at radius 2 is 1.82 bits per heavy atom. The first-order valence-corrected chi connectivity index (χ1v) is 6.68. The minimum absolute atomic E-state index is 0.329. The maximum Gasteiger partial charge on any atom is 0.355 e. The molecular weight excluding hydrogens is 285 g/mol. The van der Waals surface area contributed by atoms with Gasteiger partial charge in [0.25, 0.3) is 0 Å². The van der Waals surface area contributed by atoms with E-state index in [1.807, 2.05) is 12.1 Å². The predicted molar refractivity (Wildman–Crippen MR) is 81.6 cm³/mol. The predicted octanol–water partition coefficient (Wildman–Crippen LogP) is 3.77. The monoisotopic (exact) mass is 299 g/mol. The fourth-order valence-corrected chi connectivity index (χ4v) is 2.48. The summed E-state index contributed by atoms with van der Waals surface area (Å²) in [6.07, 6.45) is 0. The first kappa shape index (κ1) is 14.1. The molecule has 1 N–H and O–H groups in total. The van der Waals surface area contributed by atoms with E-state index in [0.29, 0.717) is 17.0 Å². The molecule has 0 unspecified atom stereocenters. The van der Waals surface area contributed by atoms with Gasteiger partial charge in [-0.25, -0.2) is 9.18 Å². The molecule has 0 atom stereocenters. The lowest BCUT2D eigenvalue weighted by molar-refractivity contribution is 0.0596. The average Bonchev–Trinajstić information content (AvgIpc) is 2.93. The van der Waals surface area contributed by atoms with Gasteiger partial charge in [-0.1, -0.05) is 12.1 Å². The topological polar surface area (TPSA) is 51.3 Å². The molecule has 0 aliphatic heterocycles. The van der Waals surface area contributed by atoms with Crippen LogP contribution in [0.15, 0.2) is 42.5 Å². The summed E-state index contributed by atoms with van der Waals surface area (Å²) < 4.78 is 23.2. The third-order valence-electron chi connectivity index (χ3n) is 3.53. The summed E-state index contributed by atoms with van der Waals surface area (Å²) in [5.74, 6) is -0.129. The summed E-state index contributed by atoms with van der Waals surface area (Å²) in [7, 11) is 2.90. The van der Waals surface area contributed by atoms with Crippen LogP contribution in [0.25, 0.3) is 22.0 Å². The number of nitrogens with one attached hydrogen (secondary N) is 1. The van der Waals surface area contributed by atoms with E-state index in [9.17, 15) is 9.18 Å². The van der Waals surface area contributed by atoms with E-state index in [0.717, 1.165) is 16.5 Å². The Kier molecular flexibility index (Phi) is 3.55. The van der Waals surface area contributed by atoms with Gasteiger partial charge in [-0.05, 0) is 29.8 Å². The summed E-state index contributed by atoms with van der Waals surface area (Å²) in [5.41, 5.74) is 2.50. The Balaban J connectivity index is 2.29. The highest BCUT2D eigenvalue weighted by Crippen LogP contribution is 2.34. The number of benzene rings is 2. The molecule has 2 aromatic carbocycles. The van der Waals surface area contributed by atoms with Crippen molar-refractivity contribution in [2.45, 2.75) is 0 Å². The number of aromatic nitrogens is 1. The molecule has 112 valence electrons. The van der Waals surface area contributed by atoms with Crippen LogP contribution in [0.4, 0.5) is 4.39 Å². The molecule has 0 bridgehead atoms. The smallest absolute Gasteiger partial charge is 0.355 e. The lowest BCUT2D eigenvalue weighted by atomic mass is 10.0. The minimum atomic E-state index is -0.477. The van der Waals surface area contributed by atoms with E-state index in [1.165, 1.54) is 19.2 Å². The molecule has 0 saturated carbocycles. The van der Waals surface area contributed by atoms with Crippen LogP contribution in [0, 0.1) is 5.82 Å². The summed E-state index contributed by atoms with van der Waals surface area (Å²) in [6, 6.07) is 11.5. The second kappa shape index (κ2) is 5.52. The standard InChI is InChI=1S/C17H14FNO3/c1-21-12-7-8-13-14(9-12)19-16(17(20)22-2)15(13)10-3-5-11(18)6-4-10/h3-9,19H,1-2H3. The van der Waals surface area contributed by atoms with Gasteiger partial charge in [0.15, 0.2) is 0 Å². The number of esters is 1. The number of hydrogen-bond donors (Lipinski definition) is 1. The van der Waals surface area contributed by atoms with Crippen molar-refractivity contribution in [3.05, 3.63) is 54.0 Å². The molecule has 1 aromatic heterocycles. The Morgan fingerprint density at radius 3 is 2.45 bits per heavy atom. The lowest BCUT2D eigenvalue weighted by Crippen LogP contribution is -2.03. The highest BCUT2D eigenvalue weighted by Gasteiger charge is 2.20. The van der Waals surface area contributed by atoms with Crippen molar-refractivity contribution in [3.63, 3.8) is 0 Å². The van der Waals surface area contributed by atoms with E-state index in [1.54, 1.807) is 25.3 Å². The third kappa shape index (κ3) is 2.30. The van der Waals surface area contributed by atoms with Crippen LogP contribution in [-0.4, -0.2) is 25.2 Å². The van der Waals surface area contributed by atoms with Gasteiger partial charge in [0.2, 0.25) is 0 Å². The van der Waals surface area contributed by atoms with Crippen molar-refractivity contribution in [3.8, 4) is 16.9 Å². The van der Waals surface area contributed by atoms with Crippen molar-refractivity contribution >= 4 is 16.9 Å². The molecule has 22 heavy (non-hydrogen) atoms. The van der Waals surface area contributed by atoms with E-state index < -0.39 is 5.97 Å². The van der Waals surface area contributed by atoms with Crippen molar-refractivity contribution in [1.29, 1.82) is 0 Å². The van der Waals surface area contributed by atoms with Gasteiger partial charge in [0.1, 0.15) is 17.3 Å². The second-order valence-corrected chi connectivity index (χ2v) is 4.78. The number of ether oxygens (including phenoxy) is 2. The van der Waals surface area contributed by atoms with E-state index in [2.05, 4.69) is 4.98 Å². The van der Waals surface area contributed by atoms with Gasteiger partial charge in [0.05, 0.1) is 19.7 Å². The van der Waals surface area contributed by atoms with E-state index in [4.69, 9.17) is 9.47 Å². The second-order valence-electron chi connectivity index (χ2n) is 4.78. The van der Waals surface area contributed by atoms with Crippen molar-refractivity contribution in [2.24, 2.45) is 0 Å². The molecule has 0 saturated heterocycles. The van der Waals surface area contributed by atoms with Gasteiger partial charge in [-0.15, -0.1) is 0 Å². The van der Waals surface area contributed by atoms with Crippen LogP contribution in [0.2, 0.25) is 0 Å². The molecule has 3 aromatic rings. The number of carbonyl (C=O) groups is 1. The molecule has 0 amide bonds. The van der Waals surface area contributed by atoms with Crippen molar-refractivity contribution < 1.29 is 18.7 Å². The van der Waals surface area contributed by atoms with Gasteiger partial charge >= 0.3 is 5.97 Å². The van der Waals surface area contributed by atoms with Crippen LogP contribution in [0.5, 0.6) is 5.75 Å². The molecule has 0 aliphatic carbocycles. The number of methoxy groups -OCH3 is 2.